The molecule has 0 fully saturated rings. The smallest absolute Gasteiger partial charge is 0.215 e. The second-order valence-corrected chi connectivity index (χ2v) is 5.14. The Bertz CT molecular complexity index is 616. The van der Waals surface area contributed by atoms with Gasteiger partial charge in [-0.1, -0.05) is 0 Å². The minimum Gasteiger partial charge on any atom is -0.476 e. The van der Waals surface area contributed by atoms with E-state index in [1.165, 1.54) is 11.3 Å². The molecule has 1 unspecified atom stereocenters. The summed E-state index contributed by atoms with van der Waals surface area (Å²) in [5.41, 5.74) is 3.52. The predicted octanol–water partition coefficient (Wildman–Crippen LogP) is 1.09. The van der Waals surface area contributed by atoms with Gasteiger partial charge in [0.2, 0.25) is 5.88 Å². The number of nitrogens with zero attached hydrogens (tertiary/aromatic N) is 4. The van der Waals surface area contributed by atoms with Crippen LogP contribution in [0.5, 0.6) is 5.88 Å². The molecule has 0 amide bonds. The van der Waals surface area contributed by atoms with Crippen molar-refractivity contribution < 1.29 is 9.47 Å². The summed E-state index contributed by atoms with van der Waals surface area (Å²) in [6.07, 6.45) is 4.67. The van der Waals surface area contributed by atoms with Crippen LogP contribution in [0.3, 0.4) is 0 Å². The molecule has 1 atom stereocenters. The van der Waals surface area contributed by atoms with E-state index >= 15 is 0 Å². The Labute approximate surface area is 110 Å². The quantitative estimate of drug-likeness (QED) is 0.811. The molecule has 6 heteroatoms. The first-order valence-corrected chi connectivity index (χ1v) is 6.61. The van der Waals surface area contributed by atoms with Gasteiger partial charge in [-0.25, -0.2) is 4.68 Å². The van der Waals surface area contributed by atoms with E-state index in [1.807, 2.05) is 17.1 Å². The largest absolute Gasteiger partial charge is 0.476 e. The van der Waals surface area contributed by atoms with E-state index in [0.717, 1.165) is 31.0 Å². The molecule has 4 heterocycles. The van der Waals surface area contributed by atoms with Crippen molar-refractivity contribution in [2.75, 3.05) is 13.2 Å². The maximum Gasteiger partial charge on any atom is 0.215 e. The van der Waals surface area contributed by atoms with Crippen molar-refractivity contribution in [1.29, 1.82) is 0 Å². The van der Waals surface area contributed by atoms with Crippen LogP contribution in [0.1, 0.15) is 22.9 Å². The van der Waals surface area contributed by atoms with E-state index < -0.39 is 0 Å². The third kappa shape index (κ3) is 1.67. The first kappa shape index (κ1) is 11.0. The minimum atomic E-state index is 0.232. The van der Waals surface area contributed by atoms with Gasteiger partial charge in [-0.15, -0.1) is 0 Å². The fraction of sp³-hybridized carbons (Fsp3) is 0.538. The topological polar surface area (TPSA) is 54.1 Å². The molecule has 4 rings (SSSR count). The van der Waals surface area contributed by atoms with Gasteiger partial charge in [0, 0.05) is 12.0 Å². The third-order valence-electron chi connectivity index (χ3n) is 3.86. The number of ether oxygens (including phenoxy) is 2. The summed E-state index contributed by atoms with van der Waals surface area (Å²) in [5, 5.41) is 8.83. The van der Waals surface area contributed by atoms with Gasteiger partial charge >= 0.3 is 0 Å². The second-order valence-electron chi connectivity index (χ2n) is 5.14. The Hall–Kier alpha value is -1.82. The van der Waals surface area contributed by atoms with Crippen LogP contribution in [0, 0.1) is 6.92 Å². The Kier molecular flexibility index (Phi) is 2.38. The molecule has 2 aliphatic rings. The Morgan fingerprint density at radius 2 is 2.32 bits per heavy atom. The molecule has 0 spiro atoms. The Morgan fingerprint density at radius 1 is 1.37 bits per heavy atom. The average Bonchev–Trinajstić information content (AvgIpc) is 3.09. The minimum absolute atomic E-state index is 0.232. The van der Waals surface area contributed by atoms with Crippen molar-refractivity contribution in [2.24, 2.45) is 0 Å². The van der Waals surface area contributed by atoms with Crippen molar-refractivity contribution in [2.45, 2.75) is 32.5 Å². The van der Waals surface area contributed by atoms with Crippen molar-refractivity contribution in [3.05, 3.63) is 29.2 Å². The maximum atomic E-state index is 5.69. The van der Waals surface area contributed by atoms with Gasteiger partial charge in [0.05, 0.1) is 43.9 Å². The molecular formula is C13H16N4O2. The highest BCUT2D eigenvalue weighted by Crippen LogP contribution is 2.29. The molecule has 0 saturated carbocycles. The number of aromatic nitrogens is 4. The summed E-state index contributed by atoms with van der Waals surface area (Å²) in [6, 6.07) is 0.232. The summed E-state index contributed by atoms with van der Waals surface area (Å²) in [4.78, 5) is 0. The zero-order valence-electron chi connectivity index (χ0n) is 10.9. The Morgan fingerprint density at radius 3 is 3.26 bits per heavy atom. The van der Waals surface area contributed by atoms with E-state index in [9.17, 15) is 0 Å². The van der Waals surface area contributed by atoms with Gasteiger partial charge in [-0.3, -0.25) is 4.68 Å². The van der Waals surface area contributed by atoms with Gasteiger partial charge in [-0.2, -0.15) is 10.2 Å². The number of aryl methyl sites for hydroxylation is 1. The molecule has 2 aliphatic heterocycles. The van der Waals surface area contributed by atoms with Gasteiger partial charge in [0.25, 0.3) is 0 Å². The predicted molar refractivity (Wildman–Crippen MR) is 67.1 cm³/mol. The van der Waals surface area contributed by atoms with Crippen LogP contribution in [0.4, 0.5) is 0 Å². The summed E-state index contributed by atoms with van der Waals surface area (Å²) in [6.45, 7) is 5.00. The average molecular weight is 260 g/mol. The lowest BCUT2D eigenvalue weighted by molar-refractivity contribution is 0.0512. The van der Waals surface area contributed by atoms with E-state index in [1.54, 1.807) is 0 Å². The van der Waals surface area contributed by atoms with Crippen LogP contribution in [0.15, 0.2) is 12.4 Å². The van der Waals surface area contributed by atoms with E-state index in [4.69, 9.17) is 9.47 Å². The monoisotopic (exact) mass is 260 g/mol. The molecular weight excluding hydrogens is 244 g/mol. The molecule has 0 aromatic carbocycles. The fourth-order valence-corrected chi connectivity index (χ4v) is 2.84. The summed E-state index contributed by atoms with van der Waals surface area (Å²) in [5.74, 6) is 0.913. The van der Waals surface area contributed by atoms with Crippen LogP contribution < -0.4 is 4.74 Å². The summed E-state index contributed by atoms with van der Waals surface area (Å²) >= 11 is 0. The summed E-state index contributed by atoms with van der Waals surface area (Å²) in [7, 11) is 0. The van der Waals surface area contributed by atoms with Gasteiger partial charge < -0.3 is 9.47 Å². The summed E-state index contributed by atoms with van der Waals surface area (Å²) < 4.78 is 15.3. The zero-order valence-corrected chi connectivity index (χ0v) is 10.9. The number of fused-ring (bicyclic) bond motifs is 2. The third-order valence-corrected chi connectivity index (χ3v) is 3.86. The normalized spacial score (nSPS) is 21.0. The van der Waals surface area contributed by atoms with Crippen molar-refractivity contribution in [3.63, 3.8) is 0 Å². The number of hydrogen-bond acceptors (Lipinski definition) is 4. The standard InChI is InChI=1S/C13H16N4O2/c1-9-5-15-17-11(7-18-8-12(9)17)4-10-6-14-16-2-3-19-13(10)16/h5-6,11H,2-4,7-8H2,1H3. The van der Waals surface area contributed by atoms with Crippen molar-refractivity contribution in [3.8, 4) is 5.88 Å². The molecule has 2 aromatic heterocycles. The number of hydrogen-bond donors (Lipinski definition) is 0. The highest BCUT2D eigenvalue weighted by molar-refractivity contribution is 5.27. The second kappa shape index (κ2) is 4.09. The highest BCUT2D eigenvalue weighted by atomic mass is 16.5. The maximum absolute atomic E-state index is 5.69. The molecule has 0 radical (unpaired) electrons. The lowest BCUT2D eigenvalue weighted by atomic mass is 10.1. The molecule has 6 nitrogen and oxygen atoms in total. The molecule has 100 valence electrons. The zero-order chi connectivity index (χ0) is 12.8. The number of rotatable bonds is 2. The highest BCUT2D eigenvalue weighted by Gasteiger charge is 2.26. The molecule has 2 aromatic rings. The van der Waals surface area contributed by atoms with Gasteiger partial charge in [-0.05, 0) is 12.5 Å². The van der Waals surface area contributed by atoms with Crippen LogP contribution in [-0.2, 0) is 24.3 Å². The SMILES string of the molecule is Cc1cnn2c1COCC2Cc1cnn2c1OCC2. The van der Waals surface area contributed by atoms with Crippen molar-refractivity contribution in [1.82, 2.24) is 19.6 Å². The van der Waals surface area contributed by atoms with E-state index in [2.05, 4.69) is 21.8 Å². The van der Waals surface area contributed by atoms with Crippen LogP contribution in [0.25, 0.3) is 0 Å². The molecule has 0 saturated heterocycles. The first-order chi connectivity index (χ1) is 9.33. The van der Waals surface area contributed by atoms with Crippen LogP contribution >= 0.6 is 0 Å². The van der Waals surface area contributed by atoms with Gasteiger partial charge in [0.15, 0.2) is 0 Å². The first-order valence-electron chi connectivity index (χ1n) is 6.61. The van der Waals surface area contributed by atoms with Crippen LogP contribution in [0.2, 0.25) is 0 Å². The molecule has 0 aliphatic carbocycles. The van der Waals surface area contributed by atoms with E-state index in [-0.39, 0.29) is 6.04 Å². The van der Waals surface area contributed by atoms with Crippen molar-refractivity contribution >= 4 is 0 Å². The molecule has 0 N–H and O–H groups in total. The fourth-order valence-electron chi connectivity index (χ4n) is 2.84. The molecule has 0 bridgehead atoms. The van der Waals surface area contributed by atoms with Gasteiger partial charge in [0.1, 0.15) is 6.61 Å². The lowest BCUT2D eigenvalue weighted by Crippen LogP contribution is -2.26. The Balaban J connectivity index is 1.64. The molecule has 19 heavy (non-hydrogen) atoms. The lowest BCUT2D eigenvalue weighted by Gasteiger charge is -2.25. The van der Waals surface area contributed by atoms with E-state index in [0.29, 0.717) is 13.2 Å². The van der Waals surface area contributed by atoms with Crippen LogP contribution in [-0.4, -0.2) is 32.8 Å².